The zero-order chi connectivity index (χ0) is 29.8. The van der Waals surface area contributed by atoms with E-state index in [-0.39, 0.29) is 21.9 Å². The van der Waals surface area contributed by atoms with Gasteiger partial charge >= 0.3 is 12.1 Å². The molecule has 0 aliphatic heterocycles. The highest BCUT2D eigenvalue weighted by molar-refractivity contribution is 7.92. The molecule has 0 atom stereocenters. The Kier molecular flexibility index (Phi) is 9.42. The minimum atomic E-state index is -5.17. The topological polar surface area (TPSA) is 107 Å². The maximum absolute atomic E-state index is 14.3. The molecular formula is C27H29F4N3O5S2. The molecule has 1 aliphatic carbocycles. The number of anilines is 2. The van der Waals surface area contributed by atoms with E-state index in [1.54, 1.807) is 6.07 Å². The van der Waals surface area contributed by atoms with Crippen LogP contribution in [0.15, 0.2) is 41.3 Å². The third-order valence-electron chi connectivity index (χ3n) is 6.58. The average molecular weight is 616 g/mol. The fourth-order valence-corrected chi connectivity index (χ4v) is 6.84. The minimum Gasteiger partial charge on any atom is -0.495 e. The van der Waals surface area contributed by atoms with E-state index in [0.29, 0.717) is 11.6 Å². The molecule has 41 heavy (non-hydrogen) atoms. The van der Waals surface area contributed by atoms with E-state index in [1.807, 2.05) is 6.92 Å². The van der Waals surface area contributed by atoms with Crippen LogP contribution in [-0.4, -0.2) is 45.3 Å². The number of benzene rings is 2. The van der Waals surface area contributed by atoms with Gasteiger partial charge in [-0.15, -0.1) is 0 Å². The van der Waals surface area contributed by atoms with Gasteiger partial charge in [-0.1, -0.05) is 30.6 Å². The first-order valence-electron chi connectivity index (χ1n) is 12.8. The number of ether oxygens (including phenoxy) is 2. The zero-order valence-corrected chi connectivity index (χ0v) is 23.9. The molecule has 0 amide bonds. The maximum atomic E-state index is 14.3. The summed E-state index contributed by atoms with van der Waals surface area (Å²) < 4.78 is 89.9. The lowest BCUT2D eigenvalue weighted by Crippen LogP contribution is -2.26. The molecular weight excluding hydrogens is 586 g/mol. The molecule has 222 valence electrons. The van der Waals surface area contributed by atoms with Gasteiger partial charge in [-0.05, 0) is 67.3 Å². The number of hydrogen-bond donors (Lipinski definition) is 2. The van der Waals surface area contributed by atoms with E-state index in [0.717, 1.165) is 40.7 Å². The third kappa shape index (κ3) is 7.67. The minimum absolute atomic E-state index is 0.0380. The molecule has 4 rings (SSSR count). The number of rotatable bonds is 10. The normalized spacial score (nSPS) is 14.5. The van der Waals surface area contributed by atoms with Gasteiger partial charge in [0.25, 0.3) is 10.0 Å². The Labute approximate surface area is 239 Å². The molecule has 1 heterocycles. The summed E-state index contributed by atoms with van der Waals surface area (Å²) in [5.74, 6) is -3.12. The summed E-state index contributed by atoms with van der Waals surface area (Å²) in [6.45, 7) is 1.10. The summed E-state index contributed by atoms with van der Waals surface area (Å²) in [4.78, 5) is 16.2. The van der Waals surface area contributed by atoms with Crippen molar-refractivity contribution in [1.82, 2.24) is 4.98 Å². The van der Waals surface area contributed by atoms with Crippen LogP contribution in [0.4, 0.5) is 28.4 Å². The van der Waals surface area contributed by atoms with E-state index >= 15 is 0 Å². The number of alkyl halides is 3. The fourth-order valence-electron chi connectivity index (χ4n) is 4.55. The molecule has 1 saturated carbocycles. The number of hydrogen-bond acceptors (Lipinski definition) is 8. The third-order valence-corrected chi connectivity index (χ3v) is 9.12. The van der Waals surface area contributed by atoms with Crippen molar-refractivity contribution in [2.75, 3.05) is 23.8 Å². The van der Waals surface area contributed by atoms with Gasteiger partial charge in [0.05, 0.1) is 24.3 Å². The molecule has 2 aromatic carbocycles. The van der Waals surface area contributed by atoms with Crippen molar-refractivity contribution in [3.05, 3.63) is 53.5 Å². The summed E-state index contributed by atoms with van der Waals surface area (Å²) in [5, 5.41) is 4.25. The number of esters is 1. The Morgan fingerprint density at radius 1 is 1.12 bits per heavy atom. The van der Waals surface area contributed by atoms with Crippen LogP contribution in [0.1, 0.15) is 43.4 Å². The van der Waals surface area contributed by atoms with Gasteiger partial charge in [-0.25, -0.2) is 22.6 Å². The predicted molar refractivity (Wildman–Crippen MR) is 147 cm³/mol. The largest absolute Gasteiger partial charge is 0.495 e. The highest BCUT2D eigenvalue weighted by Gasteiger charge is 2.40. The number of nitrogens with zero attached hydrogens (tertiary/aromatic N) is 1. The van der Waals surface area contributed by atoms with Gasteiger partial charge in [0.15, 0.2) is 5.13 Å². The lowest BCUT2D eigenvalue weighted by molar-refractivity contribution is -0.199. The van der Waals surface area contributed by atoms with Gasteiger partial charge in [0, 0.05) is 18.2 Å². The summed E-state index contributed by atoms with van der Waals surface area (Å²) in [7, 11) is -2.93. The molecule has 0 saturated heterocycles. The number of carbonyl (C=O) groups excluding carboxylic acids is 1. The summed E-state index contributed by atoms with van der Waals surface area (Å²) in [6, 6.07) is 8.35. The van der Waals surface area contributed by atoms with Crippen LogP contribution < -0.4 is 14.8 Å². The maximum Gasteiger partial charge on any atom is 0.490 e. The molecule has 8 nitrogen and oxygen atoms in total. The highest BCUT2D eigenvalue weighted by Crippen LogP contribution is 2.38. The summed E-state index contributed by atoms with van der Waals surface area (Å²) in [5.41, 5.74) is 1.18. The monoisotopic (exact) mass is 615 g/mol. The molecule has 0 unspecified atom stereocenters. The van der Waals surface area contributed by atoms with Crippen LogP contribution in [0.5, 0.6) is 5.75 Å². The van der Waals surface area contributed by atoms with Crippen molar-refractivity contribution < 1.29 is 40.2 Å². The number of aryl methyl sites for hydroxylation is 1. The Bertz CT molecular complexity index is 1500. The Morgan fingerprint density at radius 2 is 1.85 bits per heavy atom. The number of halogens is 4. The predicted octanol–water partition coefficient (Wildman–Crippen LogP) is 6.46. The number of thiazole rings is 1. The molecule has 0 radical (unpaired) electrons. The molecule has 1 fully saturated rings. The van der Waals surface area contributed by atoms with Crippen molar-refractivity contribution in [1.29, 1.82) is 0 Å². The zero-order valence-electron chi connectivity index (χ0n) is 22.3. The number of sulfonamides is 1. The highest BCUT2D eigenvalue weighted by atomic mass is 32.2. The number of aromatic nitrogens is 1. The second kappa shape index (κ2) is 12.6. The molecule has 0 spiro atoms. The van der Waals surface area contributed by atoms with Crippen molar-refractivity contribution in [3.8, 4) is 16.2 Å². The van der Waals surface area contributed by atoms with Crippen molar-refractivity contribution in [2.24, 2.45) is 0 Å². The van der Waals surface area contributed by atoms with Gasteiger partial charge in [-0.2, -0.15) is 13.2 Å². The Balaban J connectivity index is 1.54. The van der Waals surface area contributed by atoms with E-state index < -0.39 is 41.0 Å². The fraction of sp³-hybridized carbons (Fsp3) is 0.407. The molecule has 1 aromatic heterocycles. The average Bonchev–Trinajstić information content (AvgIpc) is 3.29. The molecule has 0 bridgehead atoms. The number of methoxy groups -OCH3 is 1. The van der Waals surface area contributed by atoms with Crippen LogP contribution in [0, 0.1) is 12.7 Å². The van der Waals surface area contributed by atoms with Gasteiger partial charge in [0.1, 0.15) is 16.5 Å². The lowest BCUT2D eigenvalue weighted by Gasteiger charge is -2.22. The summed E-state index contributed by atoms with van der Waals surface area (Å²) in [6.07, 6.45) is 0.154. The first kappa shape index (κ1) is 30.6. The van der Waals surface area contributed by atoms with Crippen molar-refractivity contribution in [3.63, 3.8) is 0 Å². The van der Waals surface area contributed by atoms with Crippen molar-refractivity contribution >= 4 is 38.1 Å². The Morgan fingerprint density at radius 3 is 2.54 bits per heavy atom. The molecule has 1 aliphatic rings. The van der Waals surface area contributed by atoms with E-state index in [1.165, 1.54) is 55.9 Å². The van der Waals surface area contributed by atoms with Gasteiger partial charge in [-0.3, -0.25) is 4.72 Å². The van der Waals surface area contributed by atoms with Gasteiger partial charge in [0.2, 0.25) is 0 Å². The molecule has 14 heteroatoms. The van der Waals surface area contributed by atoms with Crippen LogP contribution in [0.2, 0.25) is 0 Å². The first-order chi connectivity index (χ1) is 19.4. The molecule has 2 N–H and O–H groups in total. The molecule has 3 aromatic rings. The van der Waals surface area contributed by atoms with Crippen LogP contribution in [0.3, 0.4) is 0 Å². The van der Waals surface area contributed by atoms with Gasteiger partial charge < -0.3 is 14.8 Å². The Hall–Kier alpha value is -3.39. The van der Waals surface area contributed by atoms with E-state index in [9.17, 15) is 30.8 Å². The van der Waals surface area contributed by atoms with E-state index in [2.05, 4.69) is 19.8 Å². The van der Waals surface area contributed by atoms with E-state index in [4.69, 9.17) is 4.74 Å². The second-order valence-electron chi connectivity index (χ2n) is 9.57. The first-order valence-corrected chi connectivity index (χ1v) is 15.1. The number of carbonyl (C=O) groups is 1. The van der Waals surface area contributed by atoms with Crippen molar-refractivity contribution in [2.45, 2.75) is 62.6 Å². The van der Waals surface area contributed by atoms with Crippen LogP contribution >= 0.6 is 11.3 Å². The quantitative estimate of drug-likeness (QED) is 0.199. The second-order valence-corrected chi connectivity index (χ2v) is 12.2. The van der Waals surface area contributed by atoms with Crippen LogP contribution in [-0.2, 0) is 26.0 Å². The lowest BCUT2D eigenvalue weighted by atomic mass is 9.96. The SMILES string of the molecule is COc1ccc(-c2sc(NC3CCCCC3)nc2C)cc1S(=O)(=O)Nc1ccc(F)c(CCOC(=O)C(F)(F)F)c1. The smallest absolute Gasteiger partial charge is 0.490 e. The van der Waals surface area contributed by atoms with Crippen LogP contribution in [0.25, 0.3) is 10.4 Å². The number of nitrogens with one attached hydrogen (secondary N) is 2. The summed E-state index contributed by atoms with van der Waals surface area (Å²) >= 11 is 1.43. The standard InChI is InChI=1S/C27H29F4N3O5S2/c1-16-24(40-26(32-16)33-19-6-4-3-5-7-19)18-8-11-22(38-2)23(15-18)41(36,37)34-20-9-10-21(28)17(14-20)12-13-39-25(35)27(29,30)31/h8-11,14-15,19,34H,3-7,12-13H2,1-2H3,(H,32,33).